The molecular weight excluding hydrogens is 348 g/mol. The normalized spacial score (nSPS) is 12.2. The number of benzene rings is 1. The van der Waals surface area contributed by atoms with Crippen molar-refractivity contribution in [1.82, 2.24) is 4.72 Å². The van der Waals surface area contributed by atoms with Gasteiger partial charge in [0.2, 0.25) is 10.0 Å². The first-order chi connectivity index (χ1) is 9.00. The molecule has 3 N–H and O–H groups in total. The van der Waals surface area contributed by atoms with Crippen LogP contribution in [0.3, 0.4) is 0 Å². The van der Waals surface area contributed by atoms with Gasteiger partial charge in [-0.05, 0) is 48.0 Å². The minimum absolute atomic E-state index is 0.177. The number of aromatic carboxylic acids is 1. The number of carboxylic acids is 1. The van der Waals surface area contributed by atoms with Crippen molar-refractivity contribution in [2.24, 2.45) is 0 Å². The van der Waals surface area contributed by atoms with E-state index in [1.807, 2.05) is 0 Å². The van der Waals surface area contributed by atoms with E-state index in [4.69, 9.17) is 5.11 Å². The topological polar surface area (TPSA) is 95.5 Å². The third-order valence-electron chi connectivity index (χ3n) is 2.40. The van der Waals surface area contributed by atoms with Crippen LogP contribution in [0.2, 0.25) is 0 Å². The van der Waals surface area contributed by atoms with Gasteiger partial charge in [0.15, 0.2) is 0 Å². The first kappa shape index (κ1) is 16.9. The monoisotopic (exact) mass is 364 g/mol. The molecule has 0 atom stereocenters. The second kappa shape index (κ2) is 6.11. The molecule has 0 radical (unpaired) electrons. The van der Waals surface area contributed by atoms with Crippen molar-refractivity contribution in [3.8, 4) is 0 Å². The van der Waals surface area contributed by atoms with E-state index in [9.17, 15) is 13.2 Å². The summed E-state index contributed by atoms with van der Waals surface area (Å²) < 4.78 is 25.6. The van der Waals surface area contributed by atoms with Gasteiger partial charge in [-0.25, -0.2) is 17.9 Å². The van der Waals surface area contributed by atoms with E-state index < -0.39 is 21.5 Å². The van der Waals surface area contributed by atoms with Crippen LogP contribution in [0, 0.1) is 0 Å². The van der Waals surface area contributed by atoms with Crippen LogP contribution in [-0.4, -0.2) is 37.8 Å². The van der Waals surface area contributed by atoms with E-state index in [1.165, 1.54) is 12.1 Å². The zero-order chi connectivity index (χ0) is 15.6. The summed E-state index contributed by atoms with van der Waals surface area (Å²) in [5.74, 6) is -1.00. The van der Waals surface area contributed by atoms with Gasteiger partial charge < -0.3 is 10.4 Å². The Morgan fingerprint density at radius 2 is 2.00 bits per heavy atom. The highest BCUT2D eigenvalue weighted by Gasteiger charge is 2.22. The summed E-state index contributed by atoms with van der Waals surface area (Å²) in [5.41, 5.74) is 0.202. The smallest absolute Gasteiger partial charge is 0.335 e. The lowest BCUT2D eigenvalue weighted by atomic mass is 10.1. The summed E-state index contributed by atoms with van der Waals surface area (Å²) in [6.07, 6.45) is 1.10. The number of nitrogens with one attached hydrogen (secondary N) is 2. The van der Waals surface area contributed by atoms with Gasteiger partial charge in [0.05, 0.1) is 11.8 Å². The highest BCUT2D eigenvalue weighted by Crippen LogP contribution is 2.24. The van der Waals surface area contributed by atoms with Crippen molar-refractivity contribution < 1.29 is 18.3 Å². The molecule has 0 fully saturated rings. The summed E-state index contributed by atoms with van der Waals surface area (Å²) in [6, 6.07) is 4.60. The number of rotatable bonds is 6. The predicted octanol–water partition coefficient (Wildman–Crippen LogP) is 1.89. The molecule has 0 bridgehead atoms. The Morgan fingerprint density at radius 3 is 2.45 bits per heavy atom. The second-order valence-electron chi connectivity index (χ2n) is 5.11. The maximum absolute atomic E-state index is 11.2. The largest absolute Gasteiger partial charge is 0.478 e. The molecule has 0 heterocycles. The molecular formula is C12H17BrN2O4S. The molecule has 0 unspecified atom stereocenters. The van der Waals surface area contributed by atoms with E-state index in [-0.39, 0.29) is 5.56 Å². The highest BCUT2D eigenvalue weighted by atomic mass is 79.9. The van der Waals surface area contributed by atoms with E-state index in [2.05, 4.69) is 26.0 Å². The van der Waals surface area contributed by atoms with Gasteiger partial charge >= 0.3 is 5.97 Å². The first-order valence-corrected chi connectivity index (χ1v) is 8.44. The number of hydrogen-bond donors (Lipinski definition) is 3. The van der Waals surface area contributed by atoms with Crippen LogP contribution in [0.5, 0.6) is 0 Å². The standard InChI is InChI=1S/C12H17BrN2O4S/c1-12(2,15-20(3,18)19)7-14-10-5-4-8(11(16)17)6-9(10)13/h4-6,14-15H,7H2,1-3H3,(H,16,17). The molecule has 0 aliphatic rings. The Kier molecular flexibility index (Phi) is 5.17. The number of anilines is 1. The molecule has 1 aromatic carbocycles. The molecule has 6 nitrogen and oxygen atoms in total. The second-order valence-corrected chi connectivity index (χ2v) is 7.71. The lowest BCUT2D eigenvalue weighted by Gasteiger charge is -2.26. The van der Waals surface area contributed by atoms with Crippen molar-refractivity contribution in [3.05, 3.63) is 28.2 Å². The molecule has 1 rings (SSSR count). The summed E-state index contributed by atoms with van der Waals surface area (Å²) in [4.78, 5) is 10.8. The van der Waals surface area contributed by atoms with Gasteiger partial charge in [-0.1, -0.05) is 0 Å². The minimum Gasteiger partial charge on any atom is -0.478 e. The fourth-order valence-electron chi connectivity index (χ4n) is 1.65. The maximum Gasteiger partial charge on any atom is 0.335 e. The van der Waals surface area contributed by atoms with Crippen LogP contribution < -0.4 is 10.0 Å². The molecule has 0 aliphatic heterocycles. The summed E-state index contributed by atoms with van der Waals surface area (Å²) in [7, 11) is -3.29. The summed E-state index contributed by atoms with van der Waals surface area (Å²) in [5, 5.41) is 11.9. The molecule has 0 saturated heterocycles. The van der Waals surface area contributed by atoms with Crippen molar-refractivity contribution in [2.45, 2.75) is 19.4 Å². The van der Waals surface area contributed by atoms with Gasteiger partial charge in [-0.2, -0.15) is 0 Å². The SMILES string of the molecule is CC(C)(CNc1ccc(C(=O)O)cc1Br)NS(C)(=O)=O. The van der Waals surface area contributed by atoms with Crippen LogP contribution in [-0.2, 0) is 10.0 Å². The molecule has 8 heteroatoms. The third kappa shape index (κ3) is 5.48. The number of carbonyl (C=O) groups is 1. The maximum atomic E-state index is 11.2. The van der Waals surface area contributed by atoms with Gasteiger partial charge in [0.1, 0.15) is 0 Å². The number of sulfonamides is 1. The molecule has 0 spiro atoms. The van der Waals surface area contributed by atoms with Crippen molar-refractivity contribution in [1.29, 1.82) is 0 Å². The van der Waals surface area contributed by atoms with Gasteiger partial charge in [0, 0.05) is 22.2 Å². The Morgan fingerprint density at radius 1 is 1.40 bits per heavy atom. The lowest BCUT2D eigenvalue weighted by Crippen LogP contribution is -2.47. The zero-order valence-corrected chi connectivity index (χ0v) is 13.8. The Balaban J connectivity index is 2.78. The molecule has 0 amide bonds. The van der Waals surface area contributed by atoms with Gasteiger partial charge in [-0.3, -0.25) is 0 Å². The number of carboxylic acid groups (broad SMARTS) is 1. The van der Waals surface area contributed by atoms with Gasteiger partial charge in [0.25, 0.3) is 0 Å². The first-order valence-electron chi connectivity index (χ1n) is 5.76. The Labute approximate surface area is 126 Å². The van der Waals surface area contributed by atoms with E-state index in [1.54, 1.807) is 19.9 Å². The highest BCUT2D eigenvalue weighted by molar-refractivity contribution is 9.10. The average Bonchev–Trinajstić information content (AvgIpc) is 2.23. The van der Waals surface area contributed by atoms with Crippen molar-refractivity contribution in [2.75, 3.05) is 18.1 Å². The van der Waals surface area contributed by atoms with Crippen molar-refractivity contribution in [3.63, 3.8) is 0 Å². The molecule has 0 aromatic heterocycles. The van der Waals surface area contributed by atoms with E-state index >= 15 is 0 Å². The Hall–Kier alpha value is -1.12. The predicted molar refractivity (Wildman–Crippen MR) is 81.6 cm³/mol. The molecule has 0 aliphatic carbocycles. The van der Waals surface area contributed by atoms with Gasteiger partial charge in [-0.15, -0.1) is 0 Å². The van der Waals surface area contributed by atoms with Crippen molar-refractivity contribution >= 4 is 37.6 Å². The quantitative estimate of drug-likeness (QED) is 0.716. The minimum atomic E-state index is -3.29. The van der Waals surface area contributed by atoms with Crippen LogP contribution in [0.4, 0.5) is 5.69 Å². The molecule has 0 saturated carbocycles. The van der Waals surface area contributed by atoms with Crippen LogP contribution in [0.1, 0.15) is 24.2 Å². The lowest BCUT2D eigenvalue weighted by molar-refractivity contribution is 0.0697. The molecule has 1 aromatic rings. The number of halogens is 1. The molecule has 20 heavy (non-hydrogen) atoms. The summed E-state index contributed by atoms with van der Waals surface area (Å²) in [6.45, 7) is 3.85. The van der Waals surface area contributed by atoms with E-state index in [0.29, 0.717) is 16.7 Å². The fraction of sp³-hybridized carbons (Fsp3) is 0.417. The van der Waals surface area contributed by atoms with E-state index in [0.717, 1.165) is 6.26 Å². The zero-order valence-electron chi connectivity index (χ0n) is 11.4. The average molecular weight is 365 g/mol. The van der Waals surface area contributed by atoms with Crippen LogP contribution in [0.25, 0.3) is 0 Å². The fourth-order valence-corrected chi connectivity index (χ4v) is 3.24. The number of hydrogen-bond acceptors (Lipinski definition) is 4. The van der Waals surface area contributed by atoms with Crippen LogP contribution in [0.15, 0.2) is 22.7 Å². The Bertz CT molecular complexity index is 614. The van der Waals surface area contributed by atoms with Crippen LogP contribution >= 0.6 is 15.9 Å². The summed E-state index contributed by atoms with van der Waals surface area (Å²) >= 11 is 3.28. The molecule has 112 valence electrons. The third-order valence-corrected chi connectivity index (χ3v) is 3.98.